The fraction of sp³-hybridized carbons (Fsp3) is 0.424. The molecular weight excluding hydrogens is 636 g/mol. The van der Waals surface area contributed by atoms with Crippen molar-refractivity contribution in [3.63, 3.8) is 0 Å². The molecule has 15 heteroatoms. The molecule has 48 heavy (non-hydrogen) atoms. The summed E-state index contributed by atoms with van der Waals surface area (Å²) in [7, 11) is -3.89. The molecule has 2 heterocycles. The van der Waals surface area contributed by atoms with E-state index in [1.807, 2.05) is 0 Å². The number of carbonyl (C=O) groups excluding carboxylic acids is 2. The van der Waals surface area contributed by atoms with Crippen LogP contribution in [0.25, 0.3) is 5.65 Å². The molecule has 0 aliphatic carbocycles. The highest BCUT2D eigenvalue weighted by Gasteiger charge is 2.25. The van der Waals surface area contributed by atoms with Crippen LogP contribution in [0.2, 0.25) is 0 Å². The quantitative estimate of drug-likeness (QED) is 0.124. The zero-order chi connectivity index (χ0) is 34.7. The van der Waals surface area contributed by atoms with Gasteiger partial charge in [-0.2, -0.15) is 0 Å². The van der Waals surface area contributed by atoms with Crippen molar-refractivity contribution in [1.82, 2.24) is 30.3 Å². The van der Waals surface area contributed by atoms with Crippen LogP contribution in [0.1, 0.15) is 70.6 Å². The molecule has 0 bridgehead atoms. The highest BCUT2D eigenvalue weighted by Crippen LogP contribution is 2.21. The minimum atomic E-state index is -3.89. The average molecular weight is 681 g/mol. The summed E-state index contributed by atoms with van der Waals surface area (Å²) in [5, 5.41) is 27.8. The number of fused-ring (bicyclic) bond motifs is 1. The first-order valence-electron chi connectivity index (χ1n) is 15.9. The van der Waals surface area contributed by atoms with E-state index in [1.165, 1.54) is 33.7 Å². The number of urea groups is 1. The van der Waals surface area contributed by atoms with Crippen LogP contribution in [-0.2, 0) is 21.2 Å². The van der Waals surface area contributed by atoms with Crippen LogP contribution in [0.15, 0.2) is 71.8 Å². The molecule has 0 saturated carbocycles. The number of pyridine rings is 1. The summed E-state index contributed by atoms with van der Waals surface area (Å²) < 4.78 is 35.6. The van der Waals surface area contributed by atoms with E-state index in [1.54, 1.807) is 63.4 Å². The maximum Gasteiger partial charge on any atom is 0.410 e. The van der Waals surface area contributed by atoms with Gasteiger partial charge in [0.1, 0.15) is 5.60 Å². The van der Waals surface area contributed by atoms with Gasteiger partial charge in [0.05, 0.1) is 17.5 Å². The zero-order valence-corrected chi connectivity index (χ0v) is 28.5. The molecule has 3 amide bonds. The lowest BCUT2D eigenvalue weighted by atomic mass is 10.1. The van der Waals surface area contributed by atoms with E-state index in [-0.39, 0.29) is 24.0 Å². The lowest BCUT2D eigenvalue weighted by molar-refractivity contribution is 0.0146. The third kappa shape index (κ3) is 10.9. The van der Waals surface area contributed by atoms with E-state index in [9.17, 15) is 23.1 Å². The topological polar surface area (TPSA) is 180 Å². The van der Waals surface area contributed by atoms with E-state index in [0.29, 0.717) is 35.6 Å². The summed E-state index contributed by atoms with van der Waals surface area (Å²) in [5.74, 6) is 0. The maximum absolute atomic E-state index is 13.1. The number of aliphatic hydroxyl groups excluding tert-OH is 1. The Balaban J connectivity index is 1.33. The van der Waals surface area contributed by atoms with Crippen molar-refractivity contribution in [2.45, 2.75) is 76.4 Å². The van der Waals surface area contributed by atoms with Crippen LogP contribution in [0.3, 0.4) is 0 Å². The molecule has 0 aliphatic rings. The number of sulfonamides is 1. The summed E-state index contributed by atoms with van der Waals surface area (Å²) in [5.41, 5.74) is 2.01. The molecule has 4 aromatic rings. The number of aromatic nitrogens is 4. The molecule has 14 nitrogen and oxygen atoms in total. The second-order valence-corrected chi connectivity index (χ2v) is 14.1. The first-order chi connectivity index (χ1) is 22.8. The van der Waals surface area contributed by atoms with Crippen LogP contribution in [0.5, 0.6) is 0 Å². The molecule has 0 fully saturated rings. The van der Waals surface area contributed by atoms with Crippen molar-refractivity contribution in [2.75, 3.05) is 29.7 Å². The predicted molar refractivity (Wildman–Crippen MR) is 182 cm³/mol. The molecule has 0 unspecified atom stereocenters. The molecule has 0 saturated heterocycles. The van der Waals surface area contributed by atoms with Gasteiger partial charge >= 0.3 is 12.1 Å². The largest absolute Gasteiger partial charge is 0.444 e. The van der Waals surface area contributed by atoms with E-state index < -0.39 is 27.8 Å². The second-order valence-electron chi connectivity index (χ2n) is 12.4. The number of unbranched alkanes of at least 4 members (excludes halogenated alkanes) is 3. The van der Waals surface area contributed by atoms with Crippen LogP contribution < -0.4 is 15.4 Å². The Hall–Kier alpha value is -4.76. The van der Waals surface area contributed by atoms with Crippen LogP contribution in [0, 0.1) is 0 Å². The number of ether oxygens (including phenoxy) is 1. The predicted octanol–water partition coefficient (Wildman–Crippen LogP) is 5.14. The highest BCUT2D eigenvalue weighted by atomic mass is 32.2. The minimum absolute atomic E-state index is 0.0293. The van der Waals surface area contributed by atoms with E-state index >= 15 is 0 Å². The van der Waals surface area contributed by atoms with Crippen LogP contribution in [-0.4, -0.2) is 75.8 Å². The molecule has 2 aromatic heterocycles. The Morgan fingerprint density at radius 1 is 0.979 bits per heavy atom. The Morgan fingerprint density at radius 3 is 2.38 bits per heavy atom. The molecule has 4 N–H and O–H groups in total. The van der Waals surface area contributed by atoms with Crippen molar-refractivity contribution in [3.8, 4) is 0 Å². The molecule has 1 atom stereocenters. The van der Waals surface area contributed by atoms with Gasteiger partial charge < -0.3 is 25.4 Å². The molecule has 2 aromatic carbocycles. The van der Waals surface area contributed by atoms with Crippen LogP contribution in [0.4, 0.5) is 21.0 Å². The van der Waals surface area contributed by atoms with E-state index in [4.69, 9.17) is 4.74 Å². The zero-order valence-electron chi connectivity index (χ0n) is 27.7. The number of rotatable bonds is 15. The molecule has 4 rings (SSSR count). The first kappa shape index (κ1) is 36.1. The summed E-state index contributed by atoms with van der Waals surface area (Å²) in [4.78, 5) is 26.7. The Bertz CT molecular complexity index is 1760. The molecule has 258 valence electrons. The number of amides is 3. The SMILES string of the molecule is CCCCCCNC(=O)Nc1ccc(S(=O)(=O)Nc2ccc(CCN(C[C@H](O)c3ccc4nnnn4c3)C(=O)OC(C)(C)C)cc2)cc1. The Labute approximate surface area is 280 Å². The summed E-state index contributed by atoms with van der Waals surface area (Å²) in [6.07, 6.45) is 4.64. The monoisotopic (exact) mass is 680 g/mol. The maximum atomic E-state index is 13.1. The fourth-order valence-corrected chi connectivity index (χ4v) is 5.77. The summed E-state index contributed by atoms with van der Waals surface area (Å²) in [6, 6.07) is 15.8. The number of nitrogens with one attached hydrogen (secondary N) is 3. The standard InChI is InChI=1S/C33H44N8O6S/c1-5-6-7-8-20-34-31(43)35-26-14-16-28(17-15-26)48(45,46)37-27-12-9-24(10-13-27)19-21-40(32(44)47-33(2,3)4)23-29(42)25-11-18-30-36-38-39-41(30)22-25/h9-18,22,29,37,42H,5-8,19-21,23H2,1-4H3,(H2,34,35,43)/t29-/m0/s1. The average Bonchev–Trinajstić information content (AvgIpc) is 3.51. The molecule has 0 radical (unpaired) electrons. The van der Waals surface area contributed by atoms with Gasteiger partial charge in [0.25, 0.3) is 10.0 Å². The molecule has 0 spiro atoms. The number of aliphatic hydroxyl groups is 1. The summed E-state index contributed by atoms with van der Waals surface area (Å²) >= 11 is 0. The first-order valence-corrected chi connectivity index (χ1v) is 17.4. The van der Waals surface area contributed by atoms with Crippen molar-refractivity contribution in [2.24, 2.45) is 0 Å². The number of anilines is 2. The van der Waals surface area contributed by atoms with Gasteiger partial charge in [-0.15, -0.1) is 5.10 Å². The number of hydrogen-bond acceptors (Lipinski definition) is 9. The van der Waals surface area contributed by atoms with Gasteiger partial charge in [-0.05, 0) is 92.1 Å². The van der Waals surface area contributed by atoms with Gasteiger partial charge in [-0.25, -0.2) is 22.5 Å². The Morgan fingerprint density at radius 2 is 1.69 bits per heavy atom. The second kappa shape index (κ2) is 16.4. The molecular formula is C33H44N8O6S. The highest BCUT2D eigenvalue weighted by molar-refractivity contribution is 7.92. The number of benzene rings is 2. The van der Waals surface area contributed by atoms with E-state index in [0.717, 1.165) is 31.2 Å². The molecule has 0 aliphatic heterocycles. The smallest absolute Gasteiger partial charge is 0.410 e. The van der Waals surface area contributed by atoms with Crippen molar-refractivity contribution >= 4 is 39.2 Å². The summed E-state index contributed by atoms with van der Waals surface area (Å²) in [6.45, 7) is 8.22. The number of tetrazole rings is 1. The van der Waals surface area contributed by atoms with Crippen molar-refractivity contribution < 1.29 is 27.9 Å². The van der Waals surface area contributed by atoms with Gasteiger partial charge in [-0.1, -0.05) is 44.4 Å². The third-order valence-electron chi connectivity index (χ3n) is 7.26. The Kier molecular flexibility index (Phi) is 12.3. The van der Waals surface area contributed by atoms with Crippen molar-refractivity contribution in [1.29, 1.82) is 0 Å². The van der Waals surface area contributed by atoms with Crippen molar-refractivity contribution in [3.05, 3.63) is 78.0 Å². The lowest BCUT2D eigenvalue weighted by Crippen LogP contribution is -2.40. The van der Waals surface area contributed by atoms with Gasteiger partial charge in [0, 0.05) is 36.2 Å². The lowest BCUT2D eigenvalue weighted by Gasteiger charge is -2.29. The van der Waals surface area contributed by atoms with Gasteiger partial charge in [0.15, 0.2) is 5.65 Å². The number of hydrogen-bond donors (Lipinski definition) is 4. The fourth-order valence-electron chi connectivity index (χ4n) is 4.72. The van der Waals surface area contributed by atoms with E-state index in [2.05, 4.69) is 37.8 Å². The van der Waals surface area contributed by atoms with Gasteiger partial charge in [-0.3, -0.25) is 4.72 Å². The normalized spacial score (nSPS) is 12.4. The third-order valence-corrected chi connectivity index (χ3v) is 8.66. The van der Waals surface area contributed by atoms with Crippen LogP contribution >= 0.6 is 0 Å². The number of nitrogens with zero attached hydrogens (tertiary/aromatic N) is 5. The number of carbonyl (C=O) groups is 2. The van der Waals surface area contributed by atoms with Gasteiger partial charge in [0.2, 0.25) is 0 Å². The minimum Gasteiger partial charge on any atom is -0.444 e.